The second kappa shape index (κ2) is 9.08. The predicted octanol–water partition coefficient (Wildman–Crippen LogP) is 2.34. The summed E-state index contributed by atoms with van der Waals surface area (Å²) in [5, 5.41) is 30.1. The van der Waals surface area contributed by atoms with E-state index in [0.717, 1.165) is 24.0 Å². The van der Waals surface area contributed by atoms with Crippen molar-refractivity contribution in [1.29, 1.82) is 0 Å². The van der Waals surface area contributed by atoms with Gasteiger partial charge in [-0.2, -0.15) is 0 Å². The molecule has 2 aliphatic rings. The molecular formula is C24H28N2O5. The van der Waals surface area contributed by atoms with Crippen LogP contribution in [-0.2, 0) is 22.4 Å². The molecule has 31 heavy (non-hydrogen) atoms. The lowest BCUT2D eigenvalue weighted by Crippen LogP contribution is -2.42. The zero-order valence-electron chi connectivity index (χ0n) is 17.3. The van der Waals surface area contributed by atoms with E-state index in [1.165, 1.54) is 6.07 Å². The van der Waals surface area contributed by atoms with Crippen molar-refractivity contribution >= 4 is 11.8 Å². The molecule has 0 aliphatic heterocycles. The highest BCUT2D eigenvalue weighted by Crippen LogP contribution is 2.40. The van der Waals surface area contributed by atoms with Gasteiger partial charge in [0.25, 0.3) is 0 Å². The van der Waals surface area contributed by atoms with Crippen molar-refractivity contribution < 1.29 is 25.0 Å². The molecule has 2 aliphatic carbocycles. The van der Waals surface area contributed by atoms with Crippen LogP contribution in [0.3, 0.4) is 0 Å². The van der Waals surface area contributed by atoms with E-state index in [2.05, 4.69) is 0 Å². The van der Waals surface area contributed by atoms with Crippen LogP contribution < -0.4 is 5.48 Å². The SMILES string of the molecule is O=C(NO)[C@H](CC(=O)N(CC1CC1)[C@H]1c2ccccc2C[C@H]1O)Cc1ccccc1O. The molecule has 2 amide bonds. The van der Waals surface area contributed by atoms with Gasteiger partial charge in [-0.25, -0.2) is 5.48 Å². The minimum absolute atomic E-state index is 0.0423. The molecule has 0 spiro atoms. The number of aromatic hydroxyl groups is 1. The van der Waals surface area contributed by atoms with Crippen LogP contribution in [0.2, 0.25) is 0 Å². The smallest absolute Gasteiger partial charge is 0.247 e. The van der Waals surface area contributed by atoms with Crippen molar-refractivity contribution in [2.45, 2.75) is 44.2 Å². The first kappa shape index (κ1) is 21.3. The Balaban J connectivity index is 1.57. The van der Waals surface area contributed by atoms with Gasteiger partial charge in [-0.3, -0.25) is 14.8 Å². The van der Waals surface area contributed by atoms with E-state index >= 15 is 0 Å². The molecule has 2 aromatic rings. The van der Waals surface area contributed by atoms with Gasteiger partial charge in [0.2, 0.25) is 11.8 Å². The van der Waals surface area contributed by atoms with E-state index in [-0.39, 0.29) is 24.5 Å². The molecule has 2 aromatic carbocycles. The normalized spacial score (nSPS) is 20.7. The van der Waals surface area contributed by atoms with Crippen LogP contribution >= 0.6 is 0 Å². The number of nitrogens with zero attached hydrogens (tertiary/aromatic N) is 1. The Morgan fingerprint density at radius 2 is 1.81 bits per heavy atom. The maximum Gasteiger partial charge on any atom is 0.247 e. The van der Waals surface area contributed by atoms with E-state index in [1.807, 2.05) is 24.3 Å². The Morgan fingerprint density at radius 1 is 1.10 bits per heavy atom. The average Bonchev–Trinajstić information content (AvgIpc) is 3.53. The molecule has 4 rings (SSSR count). The monoisotopic (exact) mass is 424 g/mol. The number of carbonyl (C=O) groups excluding carboxylic acids is 2. The van der Waals surface area contributed by atoms with E-state index in [1.54, 1.807) is 28.6 Å². The number of fused-ring (bicyclic) bond motifs is 1. The lowest BCUT2D eigenvalue weighted by atomic mass is 9.93. The highest BCUT2D eigenvalue weighted by atomic mass is 16.5. The van der Waals surface area contributed by atoms with Crippen LogP contribution in [0.25, 0.3) is 0 Å². The van der Waals surface area contributed by atoms with Crippen molar-refractivity contribution in [3.05, 3.63) is 65.2 Å². The summed E-state index contributed by atoms with van der Waals surface area (Å²) < 4.78 is 0. The number of aliphatic hydroxyl groups is 1. The van der Waals surface area contributed by atoms with Gasteiger partial charge in [-0.05, 0) is 47.9 Å². The third kappa shape index (κ3) is 4.73. The fraction of sp³-hybridized carbons (Fsp3) is 0.417. The standard InChI is InChI=1S/C24H28N2O5/c27-20-8-4-2-6-17(20)11-18(24(30)25-31)13-22(29)26(14-15-9-10-15)23-19-7-3-1-5-16(19)12-21(23)28/h1-8,15,18,21,23,27-28,31H,9-14H2,(H,25,30)/t18-,21+,23-/m0/s1. The molecule has 3 atom stereocenters. The van der Waals surface area contributed by atoms with Gasteiger partial charge >= 0.3 is 0 Å². The molecule has 7 heteroatoms. The number of hydroxylamine groups is 1. The summed E-state index contributed by atoms with van der Waals surface area (Å²) in [5.41, 5.74) is 4.17. The first-order valence-electron chi connectivity index (χ1n) is 10.7. The first-order valence-corrected chi connectivity index (χ1v) is 10.7. The van der Waals surface area contributed by atoms with Gasteiger partial charge in [0.15, 0.2) is 0 Å². The van der Waals surface area contributed by atoms with Gasteiger partial charge in [-0.15, -0.1) is 0 Å². The summed E-state index contributed by atoms with van der Waals surface area (Å²) >= 11 is 0. The zero-order chi connectivity index (χ0) is 22.0. The molecule has 164 valence electrons. The van der Waals surface area contributed by atoms with Crippen LogP contribution in [0.4, 0.5) is 0 Å². The number of aliphatic hydroxyl groups excluding tert-OH is 1. The number of nitrogens with one attached hydrogen (secondary N) is 1. The summed E-state index contributed by atoms with van der Waals surface area (Å²) in [6.07, 6.45) is 1.89. The molecule has 0 saturated heterocycles. The number of para-hydroxylation sites is 1. The van der Waals surface area contributed by atoms with E-state index < -0.39 is 24.0 Å². The lowest BCUT2D eigenvalue weighted by Gasteiger charge is -2.33. The molecule has 0 heterocycles. The number of hydrogen-bond donors (Lipinski definition) is 4. The maximum atomic E-state index is 13.4. The predicted molar refractivity (Wildman–Crippen MR) is 113 cm³/mol. The third-order valence-electron chi connectivity index (χ3n) is 6.34. The minimum Gasteiger partial charge on any atom is -0.508 e. The number of phenolic OH excluding ortho intramolecular Hbond substituents is 1. The van der Waals surface area contributed by atoms with Gasteiger partial charge < -0.3 is 15.1 Å². The van der Waals surface area contributed by atoms with Crippen LogP contribution in [0.5, 0.6) is 5.75 Å². The summed E-state index contributed by atoms with van der Waals surface area (Å²) in [5.74, 6) is -1.30. The van der Waals surface area contributed by atoms with Crippen molar-refractivity contribution in [1.82, 2.24) is 10.4 Å². The number of carbonyl (C=O) groups is 2. The summed E-state index contributed by atoms with van der Waals surface area (Å²) in [4.78, 5) is 27.5. The second-order valence-corrected chi connectivity index (χ2v) is 8.61. The largest absolute Gasteiger partial charge is 0.508 e. The lowest BCUT2D eigenvalue weighted by molar-refractivity contribution is -0.142. The van der Waals surface area contributed by atoms with Crippen LogP contribution in [0.15, 0.2) is 48.5 Å². The number of phenols is 1. The average molecular weight is 424 g/mol. The summed E-state index contributed by atoms with van der Waals surface area (Å²) in [6, 6.07) is 14.0. The third-order valence-corrected chi connectivity index (χ3v) is 6.34. The van der Waals surface area contributed by atoms with Crippen molar-refractivity contribution in [3.8, 4) is 5.75 Å². The number of amides is 2. The topological polar surface area (TPSA) is 110 Å². The van der Waals surface area contributed by atoms with Gasteiger partial charge in [0.05, 0.1) is 18.1 Å². The fourth-order valence-corrected chi connectivity index (χ4v) is 4.50. The minimum atomic E-state index is -0.846. The Bertz CT molecular complexity index is 958. The molecule has 0 aromatic heterocycles. The molecule has 0 unspecified atom stereocenters. The fourth-order valence-electron chi connectivity index (χ4n) is 4.50. The Kier molecular flexibility index (Phi) is 6.25. The van der Waals surface area contributed by atoms with Crippen molar-refractivity contribution in [3.63, 3.8) is 0 Å². The Labute approximate surface area is 181 Å². The van der Waals surface area contributed by atoms with E-state index in [4.69, 9.17) is 0 Å². The summed E-state index contributed by atoms with van der Waals surface area (Å²) in [6.45, 7) is 0.541. The number of benzene rings is 2. The van der Waals surface area contributed by atoms with Gasteiger partial charge in [0, 0.05) is 19.4 Å². The molecule has 7 nitrogen and oxygen atoms in total. The highest BCUT2D eigenvalue weighted by Gasteiger charge is 2.40. The molecule has 0 radical (unpaired) electrons. The van der Waals surface area contributed by atoms with Crippen molar-refractivity contribution in [2.24, 2.45) is 11.8 Å². The van der Waals surface area contributed by atoms with Gasteiger partial charge in [0.1, 0.15) is 5.75 Å². The second-order valence-electron chi connectivity index (χ2n) is 8.61. The molecule has 4 N–H and O–H groups in total. The first-order chi connectivity index (χ1) is 15.0. The number of hydrogen-bond acceptors (Lipinski definition) is 5. The molecule has 1 saturated carbocycles. The zero-order valence-corrected chi connectivity index (χ0v) is 17.3. The Hall–Kier alpha value is -2.90. The highest BCUT2D eigenvalue weighted by molar-refractivity contribution is 5.86. The van der Waals surface area contributed by atoms with Gasteiger partial charge in [-0.1, -0.05) is 42.5 Å². The number of rotatable bonds is 8. The van der Waals surface area contributed by atoms with Crippen LogP contribution in [0, 0.1) is 11.8 Å². The molecule has 0 bridgehead atoms. The van der Waals surface area contributed by atoms with Crippen LogP contribution in [-0.4, -0.2) is 44.8 Å². The quantitative estimate of drug-likeness (QED) is 0.384. The Morgan fingerprint density at radius 3 is 2.52 bits per heavy atom. The summed E-state index contributed by atoms with van der Waals surface area (Å²) in [7, 11) is 0. The van der Waals surface area contributed by atoms with Crippen molar-refractivity contribution in [2.75, 3.05) is 6.54 Å². The molecule has 1 fully saturated rings. The van der Waals surface area contributed by atoms with E-state index in [0.29, 0.717) is 24.4 Å². The van der Waals surface area contributed by atoms with Crippen LogP contribution in [0.1, 0.15) is 42.0 Å². The van der Waals surface area contributed by atoms with E-state index in [9.17, 15) is 25.0 Å². The molecular weight excluding hydrogens is 396 g/mol. The maximum absolute atomic E-state index is 13.4.